The van der Waals surface area contributed by atoms with Crippen molar-refractivity contribution < 1.29 is 0 Å². The second-order valence-electron chi connectivity index (χ2n) is 5.20. The van der Waals surface area contributed by atoms with E-state index in [-0.39, 0.29) is 11.5 Å². The van der Waals surface area contributed by atoms with Gasteiger partial charge in [0.25, 0.3) is 0 Å². The van der Waals surface area contributed by atoms with Crippen molar-refractivity contribution in [1.29, 1.82) is 0 Å². The molecule has 0 aromatic carbocycles. The first kappa shape index (κ1) is 13.5. The molecule has 1 aromatic heterocycles. The van der Waals surface area contributed by atoms with E-state index in [4.69, 9.17) is 5.73 Å². The molecule has 1 aromatic rings. The van der Waals surface area contributed by atoms with Crippen molar-refractivity contribution in [3.63, 3.8) is 0 Å². The van der Waals surface area contributed by atoms with Gasteiger partial charge in [-0.25, -0.2) is 0 Å². The molecule has 92 valence electrons. The summed E-state index contributed by atoms with van der Waals surface area (Å²) in [5, 5.41) is 9.28. The Morgan fingerprint density at radius 3 is 2.50 bits per heavy atom. The van der Waals surface area contributed by atoms with Crippen LogP contribution < -0.4 is 5.73 Å². The molecule has 1 rings (SSSR count). The summed E-state index contributed by atoms with van der Waals surface area (Å²) in [6, 6.07) is 0.182. The molecule has 0 aliphatic heterocycles. The van der Waals surface area contributed by atoms with E-state index < -0.39 is 0 Å². The predicted octanol–water partition coefficient (Wildman–Crippen LogP) is 2.06. The molecule has 0 saturated heterocycles. The molecule has 0 radical (unpaired) electrons. The molecule has 2 unspecified atom stereocenters. The highest BCUT2D eigenvalue weighted by molar-refractivity contribution is 7.99. The van der Waals surface area contributed by atoms with Gasteiger partial charge >= 0.3 is 0 Å². The molecule has 0 amide bonds. The lowest BCUT2D eigenvalue weighted by molar-refractivity contribution is 0.349. The van der Waals surface area contributed by atoms with E-state index in [1.54, 1.807) is 18.1 Å². The number of aryl methyl sites for hydroxylation is 1. The van der Waals surface area contributed by atoms with Crippen LogP contribution in [0, 0.1) is 5.41 Å². The number of rotatable bonds is 4. The van der Waals surface area contributed by atoms with Crippen molar-refractivity contribution in [1.82, 2.24) is 14.8 Å². The minimum absolute atomic E-state index is 0.159. The lowest BCUT2D eigenvalue weighted by Gasteiger charge is -2.33. The van der Waals surface area contributed by atoms with Crippen LogP contribution in [0.4, 0.5) is 0 Å². The molecule has 0 bridgehead atoms. The molecule has 0 fully saturated rings. The fraction of sp³-hybridized carbons (Fsp3) is 0.818. The molecular formula is C11H22N4S. The van der Waals surface area contributed by atoms with E-state index in [2.05, 4.69) is 37.9 Å². The normalized spacial score (nSPS) is 16.1. The highest BCUT2D eigenvalue weighted by Gasteiger charge is 2.31. The van der Waals surface area contributed by atoms with Crippen molar-refractivity contribution >= 4 is 11.8 Å². The minimum atomic E-state index is 0.159. The Morgan fingerprint density at radius 1 is 1.50 bits per heavy atom. The zero-order chi connectivity index (χ0) is 12.3. The highest BCUT2D eigenvalue weighted by Crippen LogP contribution is 2.36. The first-order valence-corrected chi connectivity index (χ1v) is 6.50. The summed E-state index contributed by atoms with van der Waals surface area (Å²) in [5.41, 5.74) is 6.35. The van der Waals surface area contributed by atoms with Crippen molar-refractivity contribution in [3.05, 3.63) is 6.33 Å². The summed E-state index contributed by atoms with van der Waals surface area (Å²) in [6.45, 7) is 8.78. The van der Waals surface area contributed by atoms with E-state index in [0.29, 0.717) is 5.25 Å². The first-order chi connectivity index (χ1) is 7.36. The van der Waals surface area contributed by atoms with Crippen LogP contribution in [0.3, 0.4) is 0 Å². The van der Waals surface area contributed by atoms with Gasteiger partial charge in [0.2, 0.25) is 0 Å². The Morgan fingerprint density at radius 2 is 2.12 bits per heavy atom. The largest absolute Gasteiger partial charge is 0.327 e. The van der Waals surface area contributed by atoms with Gasteiger partial charge in [0.1, 0.15) is 6.33 Å². The summed E-state index contributed by atoms with van der Waals surface area (Å²) in [4.78, 5) is 0. The van der Waals surface area contributed by atoms with Crippen LogP contribution >= 0.6 is 11.8 Å². The van der Waals surface area contributed by atoms with Gasteiger partial charge in [-0.05, 0) is 11.8 Å². The zero-order valence-electron chi connectivity index (χ0n) is 10.8. The Hall–Kier alpha value is -0.550. The minimum Gasteiger partial charge on any atom is -0.327 e. The van der Waals surface area contributed by atoms with Crippen molar-refractivity contribution in [3.8, 4) is 0 Å². The standard InChI is InChI=1S/C11H22N4S/c1-6-8(12)9(11(2,3)4)16-10-14-13-7-15(10)5/h7-9H,6,12H2,1-5H3. The molecule has 0 spiro atoms. The molecule has 4 nitrogen and oxygen atoms in total. The number of nitrogens with zero attached hydrogens (tertiary/aromatic N) is 3. The molecule has 2 N–H and O–H groups in total. The quantitative estimate of drug-likeness (QED) is 0.821. The maximum Gasteiger partial charge on any atom is 0.191 e. The summed E-state index contributed by atoms with van der Waals surface area (Å²) in [5.74, 6) is 0. The van der Waals surface area contributed by atoms with Crippen LogP contribution in [-0.4, -0.2) is 26.1 Å². The van der Waals surface area contributed by atoms with E-state index in [0.717, 1.165) is 11.6 Å². The maximum atomic E-state index is 6.19. The summed E-state index contributed by atoms with van der Waals surface area (Å²) in [7, 11) is 1.96. The van der Waals surface area contributed by atoms with E-state index >= 15 is 0 Å². The molecule has 5 heteroatoms. The third-order valence-corrected chi connectivity index (χ3v) is 4.51. The zero-order valence-corrected chi connectivity index (χ0v) is 11.6. The Labute approximate surface area is 102 Å². The average molecular weight is 242 g/mol. The lowest BCUT2D eigenvalue weighted by atomic mass is 9.87. The SMILES string of the molecule is CCC(N)C(Sc1nncn1C)C(C)(C)C. The summed E-state index contributed by atoms with van der Waals surface area (Å²) in [6.07, 6.45) is 2.70. The van der Waals surface area contributed by atoms with Gasteiger partial charge in [0.05, 0.1) is 0 Å². The molecule has 0 saturated carbocycles. The molecule has 16 heavy (non-hydrogen) atoms. The van der Waals surface area contributed by atoms with Crippen molar-refractivity contribution in [2.45, 2.75) is 50.6 Å². The van der Waals surface area contributed by atoms with Crippen molar-refractivity contribution in [2.75, 3.05) is 0 Å². The fourth-order valence-corrected chi connectivity index (χ4v) is 2.87. The Bertz CT molecular complexity index is 329. The van der Waals surface area contributed by atoms with Gasteiger partial charge in [-0.2, -0.15) is 0 Å². The Balaban J connectivity index is 2.84. The van der Waals surface area contributed by atoms with Crippen LogP contribution in [-0.2, 0) is 7.05 Å². The number of nitrogens with two attached hydrogens (primary N) is 1. The topological polar surface area (TPSA) is 56.7 Å². The third-order valence-electron chi connectivity index (χ3n) is 2.62. The average Bonchev–Trinajstić information content (AvgIpc) is 2.57. The second kappa shape index (κ2) is 5.19. The van der Waals surface area contributed by atoms with E-state index in [9.17, 15) is 0 Å². The van der Waals surface area contributed by atoms with Crippen LogP contribution in [0.25, 0.3) is 0 Å². The van der Waals surface area contributed by atoms with Crippen LogP contribution in [0.1, 0.15) is 34.1 Å². The molecular weight excluding hydrogens is 220 g/mol. The van der Waals surface area contributed by atoms with Crippen molar-refractivity contribution in [2.24, 2.45) is 18.2 Å². The second-order valence-corrected chi connectivity index (χ2v) is 6.31. The van der Waals surface area contributed by atoms with E-state index in [1.807, 2.05) is 11.6 Å². The summed E-state index contributed by atoms with van der Waals surface area (Å²) < 4.78 is 1.94. The Kier molecular flexibility index (Phi) is 4.38. The molecule has 2 atom stereocenters. The highest BCUT2D eigenvalue weighted by atomic mass is 32.2. The van der Waals surface area contributed by atoms with Gasteiger partial charge < -0.3 is 10.3 Å². The monoisotopic (exact) mass is 242 g/mol. The number of hydrogen-bond acceptors (Lipinski definition) is 4. The smallest absolute Gasteiger partial charge is 0.191 e. The van der Waals surface area contributed by atoms with Crippen LogP contribution in [0.5, 0.6) is 0 Å². The van der Waals surface area contributed by atoms with Gasteiger partial charge in [0, 0.05) is 18.3 Å². The van der Waals surface area contributed by atoms with Gasteiger partial charge in [0.15, 0.2) is 5.16 Å². The molecule has 1 heterocycles. The summed E-state index contributed by atoms with van der Waals surface area (Å²) >= 11 is 1.73. The lowest BCUT2D eigenvalue weighted by Crippen LogP contribution is -2.40. The molecule has 0 aliphatic carbocycles. The van der Waals surface area contributed by atoms with E-state index in [1.165, 1.54) is 0 Å². The van der Waals surface area contributed by atoms with Gasteiger partial charge in [-0.1, -0.05) is 39.5 Å². The molecule has 0 aliphatic rings. The van der Waals surface area contributed by atoms with Gasteiger partial charge in [-0.3, -0.25) is 0 Å². The fourth-order valence-electron chi connectivity index (χ4n) is 1.61. The number of aromatic nitrogens is 3. The third kappa shape index (κ3) is 3.22. The maximum absolute atomic E-state index is 6.19. The van der Waals surface area contributed by atoms with Crippen LogP contribution in [0.15, 0.2) is 11.5 Å². The van der Waals surface area contributed by atoms with Crippen LogP contribution in [0.2, 0.25) is 0 Å². The number of hydrogen-bond donors (Lipinski definition) is 1. The number of thioether (sulfide) groups is 1. The van der Waals surface area contributed by atoms with Gasteiger partial charge in [-0.15, -0.1) is 10.2 Å². The predicted molar refractivity (Wildman–Crippen MR) is 68.4 cm³/mol. The first-order valence-electron chi connectivity index (χ1n) is 5.62.